The minimum absolute atomic E-state index is 0.0871. The molecule has 0 bridgehead atoms. The summed E-state index contributed by atoms with van der Waals surface area (Å²) in [7, 11) is -1.97. The van der Waals surface area contributed by atoms with Crippen LogP contribution in [0.4, 0.5) is 0 Å². The Kier molecular flexibility index (Phi) is 6.42. The number of sulfonamides is 1. The monoisotopic (exact) mass is 394 g/mol. The van der Waals surface area contributed by atoms with Gasteiger partial charge in [-0.15, -0.1) is 0 Å². The van der Waals surface area contributed by atoms with Crippen molar-refractivity contribution in [2.24, 2.45) is 5.92 Å². The van der Waals surface area contributed by atoms with E-state index in [1.807, 2.05) is 6.92 Å². The van der Waals surface area contributed by atoms with Crippen LogP contribution in [0.5, 0.6) is 5.75 Å². The lowest BCUT2D eigenvalue weighted by molar-refractivity contribution is -0.127. The van der Waals surface area contributed by atoms with Gasteiger partial charge in [-0.3, -0.25) is 4.79 Å². The Morgan fingerprint density at radius 1 is 1.11 bits per heavy atom. The van der Waals surface area contributed by atoms with Gasteiger partial charge >= 0.3 is 0 Å². The van der Waals surface area contributed by atoms with Crippen LogP contribution in [0.25, 0.3) is 0 Å². The van der Waals surface area contributed by atoms with Crippen LogP contribution in [0.15, 0.2) is 23.1 Å². The molecule has 1 aromatic carbocycles. The zero-order chi connectivity index (χ0) is 19.4. The minimum Gasteiger partial charge on any atom is -0.496 e. The fraction of sp³-hybridized carbons (Fsp3) is 0.650. The molecule has 0 atom stereocenters. The largest absolute Gasteiger partial charge is 0.496 e. The Balaban J connectivity index is 1.59. The van der Waals surface area contributed by atoms with Gasteiger partial charge in [-0.2, -0.15) is 4.31 Å². The Hall–Kier alpha value is -1.60. The van der Waals surface area contributed by atoms with Crippen molar-refractivity contribution >= 4 is 15.9 Å². The molecule has 7 heteroatoms. The average molecular weight is 395 g/mol. The van der Waals surface area contributed by atoms with Gasteiger partial charge in [0.05, 0.1) is 12.0 Å². The Bertz CT molecular complexity index is 764. The van der Waals surface area contributed by atoms with Gasteiger partial charge in [0.15, 0.2) is 0 Å². The first kappa shape index (κ1) is 20.1. The highest BCUT2D eigenvalue weighted by Gasteiger charge is 2.33. The number of nitrogens with one attached hydrogen (secondary N) is 1. The zero-order valence-corrected chi connectivity index (χ0v) is 17.1. The number of carbonyl (C=O) groups excluding carboxylic acids is 1. The number of hydrogen-bond acceptors (Lipinski definition) is 4. The fourth-order valence-corrected chi connectivity index (χ4v) is 5.64. The summed E-state index contributed by atoms with van der Waals surface area (Å²) in [5, 5.41) is 3.17. The molecule has 0 spiro atoms. The molecule has 1 saturated heterocycles. The van der Waals surface area contributed by atoms with Crippen molar-refractivity contribution < 1.29 is 17.9 Å². The number of rotatable bonds is 5. The number of piperidine rings is 1. The third-order valence-electron chi connectivity index (χ3n) is 5.78. The van der Waals surface area contributed by atoms with Gasteiger partial charge < -0.3 is 10.1 Å². The Labute approximate surface area is 162 Å². The molecule has 1 aliphatic heterocycles. The maximum atomic E-state index is 12.9. The molecule has 150 valence electrons. The molecule has 0 unspecified atom stereocenters. The number of benzene rings is 1. The van der Waals surface area contributed by atoms with E-state index in [2.05, 4.69) is 5.32 Å². The second kappa shape index (κ2) is 8.61. The first-order valence-corrected chi connectivity index (χ1v) is 11.3. The smallest absolute Gasteiger partial charge is 0.243 e. The van der Waals surface area contributed by atoms with E-state index in [-0.39, 0.29) is 16.7 Å². The predicted octanol–water partition coefficient (Wildman–Crippen LogP) is 2.85. The zero-order valence-electron chi connectivity index (χ0n) is 16.2. The lowest BCUT2D eigenvalue weighted by Gasteiger charge is -2.32. The summed E-state index contributed by atoms with van der Waals surface area (Å²) in [6, 6.07) is 5.22. The van der Waals surface area contributed by atoms with E-state index in [0.717, 1.165) is 18.4 Å². The summed E-state index contributed by atoms with van der Waals surface area (Å²) in [4.78, 5) is 12.8. The number of amides is 1. The van der Waals surface area contributed by atoms with Crippen LogP contribution >= 0.6 is 0 Å². The molecule has 6 nitrogen and oxygen atoms in total. The first-order chi connectivity index (χ1) is 12.9. The van der Waals surface area contributed by atoms with Crippen molar-refractivity contribution in [1.29, 1.82) is 0 Å². The molecule has 0 aromatic heterocycles. The van der Waals surface area contributed by atoms with Crippen molar-refractivity contribution in [2.45, 2.75) is 62.8 Å². The van der Waals surface area contributed by atoms with Gasteiger partial charge in [0, 0.05) is 25.0 Å². The van der Waals surface area contributed by atoms with Crippen LogP contribution in [0.3, 0.4) is 0 Å². The highest BCUT2D eigenvalue weighted by atomic mass is 32.2. The minimum atomic E-state index is -3.54. The number of methoxy groups -OCH3 is 1. The van der Waals surface area contributed by atoms with Crippen molar-refractivity contribution in [3.8, 4) is 5.75 Å². The second-order valence-electron chi connectivity index (χ2n) is 7.65. The molecule has 1 heterocycles. The van der Waals surface area contributed by atoms with Crippen LogP contribution in [-0.4, -0.2) is 44.9 Å². The molecule has 1 N–H and O–H groups in total. The van der Waals surface area contributed by atoms with Gasteiger partial charge in [0.1, 0.15) is 5.75 Å². The highest BCUT2D eigenvalue weighted by molar-refractivity contribution is 7.89. The van der Waals surface area contributed by atoms with Crippen molar-refractivity contribution in [3.05, 3.63) is 23.8 Å². The average Bonchev–Trinajstić information content (AvgIpc) is 2.68. The molecule has 1 aromatic rings. The van der Waals surface area contributed by atoms with E-state index in [1.54, 1.807) is 25.3 Å². The van der Waals surface area contributed by atoms with Crippen LogP contribution in [0.1, 0.15) is 50.5 Å². The maximum Gasteiger partial charge on any atom is 0.243 e. The lowest BCUT2D eigenvalue weighted by atomic mass is 9.93. The molecule has 27 heavy (non-hydrogen) atoms. The predicted molar refractivity (Wildman–Crippen MR) is 104 cm³/mol. The lowest BCUT2D eigenvalue weighted by Crippen LogP contribution is -2.45. The quantitative estimate of drug-likeness (QED) is 0.833. The summed E-state index contributed by atoms with van der Waals surface area (Å²) >= 11 is 0. The van der Waals surface area contributed by atoms with Crippen molar-refractivity contribution in [2.75, 3.05) is 20.2 Å². The van der Waals surface area contributed by atoms with Gasteiger partial charge in [-0.05, 0) is 56.4 Å². The molecule has 2 fully saturated rings. The fourth-order valence-electron chi connectivity index (χ4n) is 4.08. The number of nitrogens with zero attached hydrogens (tertiary/aromatic N) is 1. The van der Waals surface area contributed by atoms with Gasteiger partial charge in [0.2, 0.25) is 15.9 Å². The molecular formula is C20H30N2O4S. The second-order valence-corrected chi connectivity index (χ2v) is 9.59. The van der Waals surface area contributed by atoms with E-state index >= 15 is 0 Å². The summed E-state index contributed by atoms with van der Waals surface area (Å²) in [6.07, 6.45) is 6.91. The van der Waals surface area contributed by atoms with Crippen LogP contribution in [0, 0.1) is 12.8 Å². The normalized spacial score (nSPS) is 20.4. The molecule has 1 aliphatic carbocycles. The van der Waals surface area contributed by atoms with E-state index in [4.69, 9.17) is 4.74 Å². The Morgan fingerprint density at radius 2 is 1.78 bits per heavy atom. The van der Waals surface area contributed by atoms with Gasteiger partial charge in [-0.25, -0.2) is 8.42 Å². The van der Waals surface area contributed by atoms with Crippen LogP contribution in [0.2, 0.25) is 0 Å². The number of hydrogen-bond donors (Lipinski definition) is 1. The summed E-state index contributed by atoms with van der Waals surface area (Å²) in [6.45, 7) is 2.60. The third-order valence-corrected chi connectivity index (χ3v) is 7.67. The van der Waals surface area contributed by atoms with E-state index in [0.29, 0.717) is 37.7 Å². The van der Waals surface area contributed by atoms with E-state index in [9.17, 15) is 13.2 Å². The topological polar surface area (TPSA) is 75.7 Å². The number of carbonyl (C=O) groups is 1. The molecular weight excluding hydrogens is 364 g/mol. The molecule has 3 rings (SSSR count). The standard InChI is InChI=1S/C20H30N2O4S/c1-15-14-18(8-9-19(15)26-2)27(24,25)22-12-10-16(11-13-22)20(23)21-17-6-4-3-5-7-17/h8-9,14,16-17H,3-7,10-13H2,1-2H3,(H,21,23). The number of ether oxygens (including phenoxy) is 1. The van der Waals surface area contributed by atoms with Crippen LogP contribution in [-0.2, 0) is 14.8 Å². The van der Waals surface area contributed by atoms with Crippen LogP contribution < -0.4 is 10.1 Å². The molecule has 0 radical (unpaired) electrons. The first-order valence-electron chi connectivity index (χ1n) is 9.87. The molecule has 2 aliphatic rings. The third kappa shape index (κ3) is 4.63. The van der Waals surface area contributed by atoms with Gasteiger partial charge in [0.25, 0.3) is 0 Å². The van der Waals surface area contributed by atoms with E-state index in [1.165, 1.54) is 23.6 Å². The van der Waals surface area contributed by atoms with Crippen molar-refractivity contribution in [1.82, 2.24) is 9.62 Å². The summed E-state index contributed by atoms with van der Waals surface area (Å²) in [5.41, 5.74) is 0.792. The number of aryl methyl sites for hydroxylation is 1. The van der Waals surface area contributed by atoms with Gasteiger partial charge in [-0.1, -0.05) is 19.3 Å². The maximum absolute atomic E-state index is 12.9. The summed E-state index contributed by atoms with van der Waals surface area (Å²) < 4.78 is 32.5. The van der Waals surface area contributed by atoms with E-state index < -0.39 is 10.0 Å². The summed E-state index contributed by atoms with van der Waals surface area (Å²) in [5.74, 6) is 0.683. The Morgan fingerprint density at radius 3 is 2.37 bits per heavy atom. The van der Waals surface area contributed by atoms with Crippen molar-refractivity contribution in [3.63, 3.8) is 0 Å². The SMILES string of the molecule is COc1ccc(S(=O)(=O)N2CCC(C(=O)NC3CCCCC3)CC2)cc1C. The molecule has 1 saturated carbocycles. The highest BCUT2D eigenvalue weighted by Crippen LogP contribution is 2.27. The molecule has 1 amide bonds.